The molecule has 1 aromatic rings. The Morgan fingerprint density at radius 3 is 2.67 bits per heavy atom. The van der Waals surface area contributed by atoms with Gasteiger partial charge in [0.25, 0.3) is 0 Å². The van der Waals surface area contributed by atoms with Crippen molar-refractivity contribution >= 4 is 21.6 Å². The zero-order valence-corrected chi connectivity index (χ0v) is 17.0. The van der Waals surface area contributed by atoms with Gasteiger partial charge in [0.2, 0.25) is 15.9 Å². The van der Waals surface area contributed by atoms with Crippen molar-refractivity contribution in [3.8, 4) is 5.75 Å². The Kier molecular flexibility index (Phi) is 7.88. The summed E-state index contributed by atoms with van der Waals surface area (Å²) in [6, 6.07) is 6.74. The average Bonchev–Trinajstić information content (AvgIpc) is 2.59. The molecule has 1 amide bonds. The summed E-state index contributed by atoms with van der Waals surface area (Å²) in [7, 11) is -3.61. The molecule has 1 aromatic carbocycles. The van der Waals surface area contributed by atoms with Gasteiger partial charge in [-0.3, -0.25) is 14.0 Å². The van der Waals surface area contributed by atoms with Gasteiger partial charge in [0, 0.05) is 32.2 Å². The van der Waals surface area contributed by atoms with Crippen LogP contribution in [0.25, 0.3) is 0 Å². The van der Waals surface area contributed by atoms with E-state index in [9.17, 15) is 13.2 Å². The molecule has 152 valence electrons. The minimum absolute atomic E-state index is 0.0320. The first kappa shape index (κ1) is 21.5. The summed E-state index contributed by atoms with van der Waals surface area (Å²) >= 11 is 0. The van der Waals surface area contributed by atoms with Gasteiger partial charge in [0.15, 0.2) is 0 Å². The zero-order chi connectivity index (χ0) is 19.9. The van der Waals surface area contributed by atoms with Crippen LogP contribution in [0.2, 0.25) is 0 Å². The maximum atomic E-state index is 12.3. The van der Waals surface area contributed by atoms with Crippen LogP contribution in [-0.4, -0.2) is 77.5 Å². The number of nitrogens with zero attached hydrogens (tertiary/aromatic N) is 2. The number of ether oxygens (including phenoxy) is 2. The van der Waals surface area contributed by atoms with Crippen molar-refractivity contribution in [2.24, 2.45) is 0 Å². The van der Waals surface area contributed by atoms with Crippen LogP contribution in [0, 0.1) is 0 Å². The van der Waals surface area contributed by atoms with Crippen LogP contribution in [0.4, 0.5) is 5.69 Å². The number of carbonyl (C=O) groups excluding carboxylic acids is 1. The van der Waals surface area contributed by atoms with Gasteiger partial charge in [-0.25, -0.2) is 8.42 Å². The Morgan fingerprint density at radius 2 is 2.04 bits per heavy atom. The first-order valence-electron chi connectivity index (χ1n) is 9.07. The van der Waals surface area contributed by atoms with Gasteiger partial charge in [0.05, 0.1) is 31.3 Å². The quantitative estimate of drug-likeness (QED) is 0.657. The van der Waals surface area contributed by atoms with E-state index in [2.05, 4.69) is 10.2 Å². The molecule has 0 saturated carbocycles. The molecule has 1 aliphatic rings. The van der Waals surface area contributed by atoms with Gasteiger partial charge in [-0.15, -0.1) is 0 Å². The van der Waals surface area contributed by atoms with E-state index in [4.69, 9.17) is 9.47 Å². The van der Waals surface area contributed by atoms with E-state index in [1.807, 2.05) is 13.8 Å². The van der Waals surface area contributed by atoms with Crippen molar-refractivity contribution in [2.75, 3.05) is 56.5 Å². The van der Waals surface area contributed by atoms with Crippen molar-refractivity contribution < 1.29 is 22.7 Å². The lowest BCUT2D eigenvalue weighted by molar-refractivity contribution is -0.119. The fraction of sp³-hybridized carbons (Fsp3) is 0.611. The van der Waals surface area contributed by atoms with Gasteiger partial charge in [-0.1, -0.05) is 6.07 Å². The number of amides is 1. The molecule has 0 aliphatic carbocycles. The summed E-state index contributed by atoms with van der Waals surface area (Å²) in [4.78, 5) is 14.5. The van der Waals surface area contributed by atoms with Crippen molar-refractivity contribution in [2.45, 2.75) is 20.0 Å². The lowest BCUT2D eigenvalue weighted by atomic mass is 10.3. The molecule has 0 radical (unpaired) electrons. The molecule has 0 spiro atoms. The number of rotatable bonds is 9. The van der Waals surface area contributed by atoms with Crippen LogP contribution < -0.4 is 14.4 Å². The lowest BCUT2D eigenvalue weighted by Crippen LogP contribution is -2.44. The summed E-state index contributed by atoms with van der Waals surface area (Å²) in [5.74, 6) is 0.216. The second-order valence-corrected chi connectivity index (χ2v) is 8.64. The number of hydrogen-bond acceptors (Lipinski definition) is 6. The molecular formula is C18H29N3O5S. The highest BCUT2D eigenvalue weighted by Gasteiger charge is 2.21. The lowest BCUT2D eigenvalue weighted by Gasteiger charge is -2.27. The normalized spacial score (nSPS) is 15.6. The molecule has 27 heavy (non-hydrogen) atoms. The van der Waals surface area contributed by atoms with E-state index in [0.717, 1.165) is 23.7 Å². The molecule has 8 nitrogen and oxygen atoms in total. The van der Waals surface area contributed by atoms with Crippen molar-refractivity contribution in [1.29, 1.82) is 0 Å². The van der Waals surface area contributed by atoms with E-state index in [-0.39, 0.29) is 18.6 Å². The molecule has 1 fully saturated rings. The van der Waals surface area contributed by atoms with Crippen molar-refractivity contribution in [3.63, 3.8) is 0 Å². The SMILES string of the molecule is CC(C)Oc1cccc(N(CC(=O)NCCN2CCOCC2)S(C)(=O)=O)c1. The highest BCUT2D eigenvalue weighted by molar-refractivity contribution is 7.92. The monoisotopic (exact) mass is 399 g/mol. The predicted molar refractivity (Wildman–Crippen MR) is 105 cm³/mol. The molecule has 1 heterocycles. The average molecular weight is 400 g/mol. The minimum atomic E-state index is -3.61. The van der Waals surface area contributed by atoms with Gasteiger partial charge in [0.1, 0.15) is 12.3 Å². The smallest absolute Gasteiger partial charge is 0.240 e. The first-order chi connectivity index (χ1) is 12.8. The third-order valence-corrected chi connectivity index (χ3v) is 5.16. The molecule has 1 N–H and O–H groups in total. The maximum absolute atomic E-state index is 12.3. The molecule has 9 heteroatoms. The van der Waals surface area contributed by atoms with Crippen LogP contribution in [0.15, 0.2) is 24.3 Å². The molecule has 0 bridgehead atoms. The summed E-state index contributed by atoms with van der Waals surface area (Å²) < 4.78 is 36.4. The zero-order valence-electron chi connectivity index (χ0n) is 16.2. The first-order valence-corrected chi connectivity index (χ1v) is 10.9. The van der Waals surface area contributed by atoms with E-state index < -0.39 is 10.0 Å². The van der Waals surface area contributed by atoms with Crippen molar-refractivity contribution in [1.82, 2.24) is 10.2 Å². The number of anilines is 1. The molecular weight excluding hydrogens is 370 g/mol. The Labute approximate surface area is 161 Å². The third kappa shape index (κ3) is 7.36. The van der Waals surface area contributed by atoms with Crippen LogP contribution in [0.1, 0.15) is 13.8 Å². The molecule has 0 aromatic heterocycles. The predicted octanol–water partition coefficient (Wildman–Crippen LogP) is 0.688. The van der Waals surface area contributed by atoms with E-state index in [1.54, 1.807) is 24.3 Å². The number of carbonyl (C=O) groups is 1. The number of morpholine rings is 1. The van der Waals surface area contributed by atoms with Crippen LogP contribution >= 0.6 is 0 Å². The Balaban J connectivity index is 1.97. The van der Waals surface area contributed by atoms with Gasteiger partial charge < -0.3 is 14.8 Å². The van der Waals surface area contributed by atoms with Crippen LogP contribution in [0.5, 0.6) is 5.75 Å². The number of nitrogens with one attached hydrogen (secondary N) is 1. The molecule has 0 unspecified atom stereocenters. The minimum Gasteiger partial charge on any atom is -0.491 e. The summed E-state index contributed by atoms with van der Waals surface area (Å²) in [5.41, 5.74) is 0.402. The molecule has 1 saturated heterocycles. The van der Waals surface area contributed by atoms with Crippen molar-refractivity contribution in [3.05, 3.63) is 24.3 Å². The van der Waals surface area contributed by atoms with Crippen LogP contribution in [0.3, 0.4) is 0 Å². The Bertz CT molecular complexity index is 717. The fourth-order valence-corrected chi connectivity index (χ4v) is 3.60. The summed E-state index contributed by atoms with van der Waals surface area (Å²) in [6.07, 6.45) is 1.06. The highest BCUT2D eigenvalue weighted by Crippen LogP contribution is 2.23. The topological polar surface area (TPSA) is 88.2 Å². The van der Waals surface area contributed by atoms with Gasteiger partial charge >= 0.3 is 0 Å². The fourth-order valence-electron chi connectivity index (χ4n) is 2.75. The number of sulfonamides is 1. The molecule has 2 rings (SSSR count). The second-order valence-electron chi connectivity index (χ2n) is 6.74. The highest BCUT2D eigenvalue weighted by atomic mass is 32.2. The number of hydrogen-bond donors (Lipinski definition) is 1. The van der Waals surface area contributed by atoms with E-state index in [0.29, 0.717) is 37.7 Å². The summed E-state index contributed by atoms with van der Waals surface area (Å²) in [6.45, 7) is 7.77. The third-order valence-electron chi connectivity index (χ3n) is 4.02. The molecule has 1 aliphatic heterocycles. The maximum Gasteiger partial charge on any atom is 0.240 e. The largest absolute Gasteiger partial charge is 0.491 e. The Hall–Kier alpha value is -1.84. The summed E-state index contributed by atoms with van der Waals surface area (Å²) in [5, 5.41) is 2.79. The van der Waals surface area contributed by atoms with Gasteiger partial charge in [-0.05, 0) is 26.0 Å². The van der Waals surface area contributed by atoms with E-state index >= 15 is 0 Å². The number of benzene rings is 1. The van der Waals surface area contributed by atoms with Gasteiger partial charge in [-0.2, -0.15) is 0 Å². The standard InChI is InChI=1S/C18H29N3O5S/c1-15(2)26-17-6-4-5-16(13-17)21(27(3,23)24)14-18(22)19-7-8-20-9-11-25-12-10-20/h4-6,13,15H,7-12,14H2,1-3H3,(H,19,22). The molecule has 0 atom stereocenters. The second kappa shape index (κ2) is 9.91. The Morgan fingerprint density at radius 1 is 1.33 bits per heavy atom. The van der Waals surface area contributed by atoms with Crippen LogP contribution in [-0.2, 0) is 19.6 Å². The van der Waals surface area contributed by atoms with E-state index in [1.165, 1.54) is 0 Å².